The number of anilines is 3. The number of nitrogens with two attached hydrogens (primary N) is 2. The molecular formula is C12H23N5. The second-order valence-corrected chi connectivity index (χ2v) is 4.74. The summed E-state index contributed by atoms with van der Waals surface area (Å²) in [6.07, 6.45) is 4.77. The smallest absolute Gasteiger partial charge is 0.155 e. The molecule has 5 nitrogen and oxygen atoms in total. The van der Waals surface area contributed by atoms with E-state index in [1.54, 1.807) is 0 Å². The first-order valence-electron chi connectivity index (χ1n) is 6.17. The van der Waals surface area contributed by atoms with Crippen LogP contribution in [0.5, 0.6) is 0 Å². The highest BCUT2D eigenvalue weighted by atomic mass is 15.1. The average Bonchev–Trinajstić information content (AvgIpc) is 2.29. The van der Waals surface area contributed by atoms with Crippen molar-refractivity contribution in [2.24, 2.45) is 5.92 Å². The summed E-state index contributed by atoms with van der Waals surface area (Å²) in [4.78, 5) is 7.98. The molecule has 1 aromatic rings. The molecule has 0 bridgehead atoms. The van der Waals surface area contributed by atoms with Crippen molar-refractivity contribution in [1.82, 2.24) is 9.97 Å². The Morgan fingerprint density at radius 3 is 2.53 bits per heavy atom. The molecule has 5 N–H and O–H groups in total. The Labute approximate surface area is 103 Å². The molecule has 0 saturated heterocycles. The van der Waals surface area contributed by atoms with Crippen LogP contribution in [0.2, 0.25) is 0 Å². The Morgan fingerprint density at radius 1 is 1.24 bits per heavy atom. The molecule has 96 valence electrons. The number of nitrogens with one attached hydrogen (secondary N) is 1. The first-order chi connectivity index (χ1) is 8.04. The van der Waals surface area contributed by atoms with E-state index in [2.05, 4.69) is 36.1 Å². The second-order valence-electron chi connectivity index (χ2n) is 4.74. The predicted octanol–water partition coefficient (Wildman–Crippen LogP) is 2.27. The van der Waals surface area contributed by atoms with Crippen molar-refractivity contribution in [3.05, 3.63) is 6.33 Å². The monoisotopic (exact) mass is 237 g/mol. The lowest BCUT2D eigenvalue weighted by atomic mass is 10.0. The maximum atomic E-state index is 5.83. The van der Waals surface area contributed by atoms with Crippen molar-refractivity contribution in [2.75, 3.05) is 16.8 Å². The van der Waals surface area contributed by atoms with Gasteiger partial charge in [-0.05, 0) is 25.2 Å². The van der Waals surface area contributed by atoms with Crippen LogP contribution in [-0.2, 0) is 0 Å². The minimum atomic E-state index is 0.334. The molecule has 1 atom stereocenters. The highest BCUT2D eigenvalue weighted by molar-refractivity contribution is 5.72. The van der Waals surface area contributed by atoms with Gasteiger partial charge in [-0.15, -0.1) is 0 Å². The van der Waals surface area contributed by atoms with Gasteiger partial charge < -0.3 is 16.8 Å². The molecule has 0 aliphatic carbocycles. The van der Waals surface area contributed by atoms with E-state index >= 15 is 0 Å². The van der Waals surface area contributed by atoms with Crippen LogP contribution in [0.15, 0.2) is 6.33 Å². The molecule has 0 aliphatic heterocycles. The number of hydrogen-bond acceptors (Lipinski definition) is 5. The summed E-state index contributed by atoms with van der Waals surface area (Å²) < 4.78 is 0. The van der Waals surface area contributed by atoms with E-state index in [1.807, 2.05) is 0 Å². The van der Waals surface area contributed by atoms with Gasteiger partial charge in [0.15, 0.2) is 11.6 Å². The van der Waals surface area contributed by atoms with Crippen molar-refractivity contribution in [1.29, 1.82) is 0 Å². The van der Waals surface area contributed by atoms with Gasteiger partial charge >= 0.3 is 0 Å². The molecule has 0 aliphatic rings. The molecule has 1 rings (SSSR count). The largest absolute Gasteiger partial charge is 0.393 e. The van der Waals surface area contributed by atoms with Crippen LogP contribution in [0.4, 0.5) is 17.3 Å². The molecule has 0 fully saturated rings. The molecule has 0 saturated carbocycles. The zero-order valence-electron chi connectivity index (χ0n) is 10.9. The van der Waals surface area contributed by atoms with E-state index in [0.29, 0.717) is 29.3 Å². The number of hydrogen-bond donors (Lipinski definition) is 3. The standard InChI is InChI=1S/C12H23N5/c1-4-9(6-5-8(2)3)17-12-10(13)11(14)15-7-16-12/h7-9H,4-6,13H2,1-3H3,(H3,14,15,16,17). The highest BCUT2D eigenvalue weighted by Crippen LogP contribution is 2.22. The zero-order chi connectivity index (χ0) is 12.8. The van der Waals surface area contributed by atoms with E-state index in [1.165, 1.54) is 12.7 Å². The Bertz CT molecular complexity index is 351. The van der Waals surface area contributed by atoms with Gasteiger partial charge in [0, 0.05) is 6.04 Å². The molecule has 1 unspecified atom stereocenters. The lowest BCUT2D eigenvalue weighted by Crippen LogP contribution is -2.21. The SMILES string of the molecule is CCC(CCC(C)C)Nc1ncnc(N)c1N. The predicted molar refractivity (Wildman–Crippen MR) is 72.6 cm³/mol. The molecule has 5 heteroatoms. The van der Waals surface area contributed by atoms with Gasteiger partial charge in [-0.1, -0.05) is 20.8 Å². The summed E-state index contributed by atoms with van der Waals surface area (Å²) in [5.74, 6) is 1.69. The van der Waals surface area contributed by atoms with E-state index in [9.17, 15) is 0 Å². The summed E-state index contributed by atoms with van der Waals surface area (Å²) in [6, 6.07) is 0.383. The second kappa shape index (κ2) is 6.27. The summed E-state index contributed by atoms with van der Waals surface area (Å²) in [7, 11) is 0. The van der Waals surface area contributed by atoms with Crippen molar-refractivity contribution >= 4 is 17.3 Å². The summed E-state index contributed by atoms with van der Waals surface area (Å²) in [6.45, 7) is 6.60. The first kappa shape index (κ1) is 13.5. The fraction of sp³-hybridized carbons (Fsp3) is 0.667. The third kappa shape index (κ3) is 4.09. The molecule has 1 aromatic heterocycles. The van der Waals surface area contributed by atoms with E-state index in [-0.39, 0.29) is 0 Å². The van der Waals surface area contributed by atoms with Gasteiger partial charge in [-0.2, -0.15) is 0 Å². The summed E-state index contributed by atoms with van der Waals surface area (Å²) in [5.41, 5.74) is 11.9. The van der Waals surface area contributed by atoms with Crippen LogP contribution in [-0.4, -0.2) is 16.0 Å². The fourth-order valence-corrected chi connectivity index (χ4v) is 1.63. The van der Waals surface area contributed by atoms with Crippen LogP contribution < -0.4 is 16.8 Å². The van der Waals surface area contributed by atoms with Crippen LogP contribution >= 0.6 is 0 Å². The van der Waals surface area contributed by atoms with Crippen LogP contribution in [0.25, 0.3) is 0 Å². The number of rotatable bonds is 6. The lowest BCUT2D eigenvalue weighted by Gasteiger charge is -2.19. The van der Waals surface area contributed by atoms with E-state index < -0.39 is 0 Å². The van der Waals surface area contributed by atoms with Gasteiger partial charge in [0.2, 0.25) is 0 Å². The quantitative estimate of drug-likeness (QED) is 0.706. The van der Waals surface area contributed by atoms with Crippen molar-refractivity contribution in [3.63, 3.8) is 0 Å². The Morgan fingerprint density at radius 2 is 1.94 bits per heavy atom. The molecule has 0 aromatic carbocycles. The van der Waals surface area contributed by atoms with Crippen molar-refractivity contribution in [2.45, 2.75) is 46.1 Å². The maximum absolute atomic E-state index is 5.83. The number of nitrogen functional groups attached to an aromatic ring is 2. The molecular weight excluding hydrogens is 214 g/mol. The van der Waals surface area contributed by atoms with E-state index in [4.69, 9.17) is 11.5 Å². The van der Waals surface area contributed by atoms with Gasteiger partial charge in [-0.3, -0.25) is 0 Å². The van der Waals surface area contributed by atoms with Crippen molar-refractivity contribution < 1.29 is 0 Å². The first-order valence-corrected chi connectivity index (χ1v) is 6.17. The van der Waals surface area contributed by atoms with E-state index in [0.717, 1.165) is 12.8 Å². The third-order valence-corrected chi connectivity index (χ3v) is 2.84. The van der Waals surface area contributed by atoms with Gasteiger partial charge in [0.25, 0.3) is 0 Å². The summed E-state index contributed by atoms with van der Waals surface area (Å²) >= 11 is 0. The molecule has 1 heterocycles. The molecule has 17 heavy (non-hydrogen) atoms. The van der Waals surface area contributed by atoms with Gasteiger partial charge in [0.1, 0.15) is 12.0 Å². The molecule has 0 amide bonds. The minimum Gasteiger partial charge on any atom is -0.393 e. The maximum Gasteiger partial charge on any atom is 0.155 e. The number of aromatic nitrogens is 2. The lowest BCUT2D eigenvalue weighted by molar-refractivity contribution is 0.505. The van der Waals surface area contributed by atoms with Gasteiger partial charge in [-0.25, -0.2) is 9.97 Å². The topological polar surface area (TPSA) is 89.8 Å². The van der Waals surface area contributed by atoms with Gasteiger partial charge in [0.05, 0.1) is 0 Å². The number of nitrogens with zero attached hydrogens (tertiary/aromatic N) is 2. The Kier molecular flexibility index (Phi) is 5.00. The Hall–Kier alpha value is -1.52. The zero-order valence-corrected chi connectivity index (χ0v) is 10.9. The normalized spacial score (nSPS) is 12.7. The van der Waals surface area contributed by atoms with Crippen molar-refractivity contribution in [3.8, 4) is 0 Å². The summed E-state index contributed by atoms with van der Waals surface area (Å²) in [5, 5.41) is 3.34. The van der Waals surface area contributed by atoms with Crippen LogP contribution in [0, 0.1) is 5.92 Å². The fourth-order valence-electron chi connectivity index (χ4n) is 1.63. The average molecular weight is 237 g/mol. The highest BCUT2D eigenvalue weighted by Gasteiger charge is 2.11. The van der Waals surface area contributed by atoms with Crippen LogP contribution in [0.3, 0.4) is 0 Å². The minimum absolute atomic E-state index is 0.334. The van der Waals surface area contributed by atoms with Crippen LogP contribution in [0.1, 0.15) is 40.0 Å². The molecule has 0 spiro atoms. The third-order valence-electron chi connectivity index (χ3n) is 2.84. The molecule has 0 radical (unpaired) electrons. The Balaban J connectivity index is 2.64.